The van der Waals surface area contributed by atoms with Crippen molar-refractivity contribution in [2.24, 2.45) is 0 Å². The molecule has 8 nitrogen and oxygen atoms in total. The maximum atomic E-state index is 13.5. The first kappa shape index (κ1) is 24.1. The van der Waals surface area contributed by atoms with E-state index in [9.17, 15) is 14.0 Å². The van der Waals surface area contributed by atoms with E-state index in [1.165, 1.54) is 45.6 Å². The van der Waals surface area contributed by atoms with E-state index in [1.54, 1.807) is 12.1 Å². The molecule has 0 fully saturated rings. The van der Waals surface area contributed by atoms with Gasteiger partial charge in [-0.25, -0.2) is 4.39 Å². The third kappa shape index (κ3) is 5.09. The first-order valence-corrected chi connectivity index (χ1v) is 10.5. The molecule has 176 valence electrons. The first-order valence-electron chi connectivity index (χ1n) is 10.5. The summed E-state index contributed by atoms with van der Waals surface area (Å²) in [4.78, 5) is 27.6. The van der Waals surface area contributed by atoms with Crippen molar-refractivity contribution in [3.8, 4) is 17.2 Å². The molecule has 1 heterocycles. The fourth-order valence-corrected chi connectivity index (χ4v) is 3.55. The number of carbonyl (C=O) groups is 2. The Labute approximate surface area is 191 Å². The molecular formula is C24H27FN2O6. The van der Waals surface area contributed by atoms with Gasteiger partial charge in [0, 0.05) is 37.6 Å². The average Bonchev–Trinajstić information content (AvgIpc) is 3.05. The highest BCUT2D eigenvalue weighted by molar-refractivity contribution is 6.36. The summed E-state index contributed by atoms with van der Waals surface area (Å²) in [5, 5.41) is 3.04. The molecule has 0 radical (unpaired) electrons. The smallest absolute Gasteiger partial charge is 0.278 e. The van der Waals surface area contributed by atoms with E-state index < -0.39 is 17.6 Å². The molecule has 0 unspecified atom stereocenters. The van der Waals surface area contributed by atoms with Gasteiger partial charge in [-0.15, -0.1) is 0 Å². The van der Waals surface area contributed by atoms with Crippen molar-refractivity contribution in [2.45, 2.75) is 13.3 Å². The Morgan fingerprint density at radius 1 is 0.939 bits per heavy atom. The molecule has 0 atom stereocenters. The number of nitrogens with zero attached hydrogens (tertiary/aromatic N) is 1. The number of rotatable bonds is 11. The monoisotopic (exact) mass is 458 g/mol. The Bertz CT molecular complexity index is 1030. The molecule has 1 aliphatic rings. The second-order valence-electron chi connectivity index (χ2n) is 7.11. The highest BCUT2D eigenvalue weighted by Gasteiger charge is 2.39. The van der Waals surface area contributed by atoms with Gasteiger partial charge in [-0.05, 0) is 31.0 Å². The predicted molar refractivity (Wildman–Crippen MR) is 121 cm³/mol. The van der Waals surface area contributed by atoms with Crippen molar-refractivity contribution in [3.63, 3.8) is 0 Å². The van der Waals surface area contributed by atoms with Gasteiger partial charge in [-0.2, -0.15) is 0 Å². The van der Waals surface area contributed by atoms with Gasteiger partial charge in [0.15, 0.2) is 11.5 Å². The molecule has 1 aliphatic heterocycles. The normalized spacial score (nSPS) is 13.5. The number of ether oxygens (including phenoxy) is 4. The fourth-order valence-electron chi connectivity index (χ4n) is 3.55. The topological polar surface area (TPSA) is 86.3 Å². The number of hydrogen-bond donors (Lipinski definition) is 1. The van der Waals surface area contributed by atoms with Crippen LogP contribution in [0.5, 0.6) is 17.2 Å². The molecule has 3 rings (SSSR count). The molecule has 0 bridgehead atoms. The standard InChI is InChI=1S/C24H27FN2O6/c1-5-33-12-6-11-27-23(28)20(15-7-9-16(25)10-8-15)21(24(27)29)26-17-13-18(30-2)22(32-4)19(14-17)31-3/h7-10,13-14,26H,5-6,11-12H2,1-4H3. The number of methoxy groups -OCH3 is 3. The number of amides is 2. The number of anilines is 1. The van der Waals surface area contributed by atoms with Crippen molar-refractivity contribution in [1.82, 2.24) is 4.90 Å². The van der Waals surface area contributed by atoms with Crippen molar-refractivity contribution in [3.05, 3.63) is 53.5 Å². The summed E-state index contributed by atoms with van der Waals surface area (Å²) in [7, 11) is 4.45. The largest absolute Gasteiger partial charge is 0.493 e. The Morgan fingerprint density at radius 3 is 2.12 bits per heavy atom. The molecule has 9 heteroatoms. The van der Waals surface area contributed by atoms with Gasteiger partial charge in [-0.3, -0.25) is 14.5 Å². The summed E-state index contributed by atoms with van der Waals surface area (Å²) in [6.07, 6.45) is 0.499. The van der Waals surface area contributed by atoms with Crippen LogP contribution in [0, 0.1) is 5.82 Å². The lowest BCUT2D eigenvalue weighted by Gasteiger charge is -2.16. The lowest BCUT2D eigenvalue weighted by atomic mass is 10.0. The van der Waals surface area contributed by atoms with Gasteiger partial charge in [-0.1, -0.05) is 12.1 Å². The second kappa shape index (κ2) is 10.8. The van der Waals surface area contributed by atoms with Gasteiger partial charge in [0.2, 0.25) is 5.75 Å². The van der Waals surface area contributed by atoms with Crippen LogP contribution in [0.15, 0.2) is 42.1 Å². The lowest BCUT2D eigenvalue weighted by molar-refractivity contribution is -0.137. The average molecular weight is 458 g/mol. The maximum absolute atomic E-state index is 13.5. The summed E-state index contributed by atoms with van der Waals surface area (Å²) in [6, 6.07) is 8.69. The SMILES string of the molecule is CCOCCCN1C(=O)C(Nc2cc(OC)c(OC)c(OC)c2)=C(c2ccc(F)cc2)C1=O. The molecule has 0 aromatic heterocycles. The molecule has 1 N–H and O–H groups in total. The van der Waals surface area contributed by atoms with Gasteiger partial charge in [0.25, 0.3) is 11.8 Å². The Balaban J connectivity index is 2.02. The summed E-state index contributed by atoms with van der Waals surface area (Å²) in [5.41, 5.74) is 1.12. The van der Waals surface area contributed by atoms with Crippen LogP contribution in [-0.4, -0.2) is 57.8 Å². The number of carbonyl (C=O) groups excluding carboxylic acids is 2. The Kier molecular flexibility index (Phi) is 7.89. The van der Waals surface area contributed by atoms with Crippen LogP contribution < -0.4 is 19.5 Å². The summed E-state index contributed by atoms with van der Waals surface area (Å²) in [6.45, 7) is 3.05. The highest BCUT2D eigenvalue weighted by Crippen LogP contribution is 2.41. The first-order chi connectivity index (χ1) is 15.9. The van der Waals surface area contributed by atoms with Crippen molar-refractivity contribution in [2.75, 3.05) is 46.4 Å². The van der Waals surface area contributed by atoms with Crippen LogP contribution >= 0.6 is 0 Å². The Morgan fingerprint density at radius 2 is 1.58 bits per heavy atom. The van der Waals surface area contributed by atoms with Crippen LogP contribution in [0.2, 0.25) is 0 Å². The molecular weight excluding hydrogens is 431 g/mol. The highest BCUT2D eigenvalue weighted by atomic mass is 19.1. The number of benzene rings is 2. The molecule has 33 heavy (non-hydrogen) atoms. The van der Waals surface area contributed by atoms with Gasteiger partial charge in [0.05, 0.1) is 26.9 Å². The van der Waals surface area contributed by atoms with E-state index in [0.717, 1.165) is 4.90 Å². The number of imide groups is 1. The summed E-state index contributed by atoms with van der Waals surface area (Å²) < 4.78 is 34.9. The predicted octanol–water partition coefficient (Wildman–Crippen LogP) is 3.47. The minimum absolute atomic E-state index is 0.0808. The van der Waals surface area contributed by atoms with Crippen LogP contribution in [0.3, 0.4) is 0 Å². The van der Waals surface area contributed by atoms with Crippen LogP contribution in [0.25, 0.3) is 5.57 Å². The van der Waals surface area contributed by atoms with Crippen molar-refractivity contribution < 1.29 is 32.9 Å². The molecule has 2 aromatic rings. The third-order valence-corrected chi connectivity index (χ3v) is 5.11. The zero-order valence-corrected chi connectivity index (χ0v) is 19.1. The zero-order valence-electron chi connectivity index (χ0n) is 19.1. The minimum Gasteiger partial charge on any atom is -0.493 e. The molecule has 0 aliphatic carbocycles. The third-order valence-electron chi connectivity index (χ3n) is 5.11. The van der Waals surface area contributed by atoms with E-state index in [2.05, 4.69) is 5.32 Å². The molecule has 0 spiro atoms. The van der Waals surface area contributed by atoms with Crippen molar-refractivity contribution >= 4 is 23.1 Å². The number of nitrogens with one attached hydrogen (secondary N) is 1. The summed E-state index contributed by atoms with van der Waals surface area (Å²) in [5.74, 6) is -0.224. The minimum atomic E-state index is -0.482. The number of hydrogen-bond acceptors (Lipinski definition) is 7. The summed E-state index contributed by atoms with van der Waals surface area (Å²) >= 11 is 0. The van der Waals surface area contributed by atoms with Crippen LogP contribution in [0.4, 0.5) is 10.1 Å². The zero-order chi connectivity index (χ0) is 24.0. The lowest BCUT2D eigenvalue weighted by Crippen LogP contribution is -2.34. The van der Waals surface area contributed by atoms with Gasteiger partial charge in [0.1, 0.15) is 11.5 Å². The fraction of sp³-hybridized carbons (Fsp3) is 0.333. The van der Waals surface area contributed by atoms with Gasteiger partial charge >= 0.3 is 0 Å². The van der Waals surface area contributed by atoms with E-state index >= 15 is 0 Å². The maximum Gasteiger partial charge on any atom is 0.278 e. The molecule has 0 saturated heterocycles. The van der Waals surface area contributed by atoms with Gasteiger partial charge < -0.3 is 24.3 Å². The van der Waals surface area contributed by atoms with E-state index in [0.29, 0.717) is 48.1 Å². The molecule has 0 saturated carbocycles. The van der Waals surface area contributed by atoms with E-state index in [4.69, 9.17) is 18.9 Å². The van der Waals surface area contributed by atoms with Crippen LogP contribution in [0.1, 0.15) is 18.9 Å². The van der Waals surface area contributed by atoms with Crippen LogP contribution in [-0.2, 0) is 14.3 Å². The quantitative estimate of drug-likeness (QED) is 0.408. The second-order valence-corrected chi connectivity index (χ2v) is 7.11. The molecule has 2 aromatic carbocycles. The number of halogens is 1. The Hall–Kier alpha value is -3.59. The van der Waals surface area contributed by atoms with E-state index in [1.807, 2.05) is 6.92 Å². The molecule has 2 amide bonds. The van der Waals surface area contributed by atoms with Crippen molar-refractivity contribution in [1.29, 1.82) is 0 Å². The van der Waals surface area contributed by atoms with E-state index in [-0.39, 0.29) is 17.8 Å².